The van der Waals surface area contributed by atoms with Gasteiger partial charge < -0.3 is 10.5 Å². The van der Waals surface area contributed by atoms with Crippen LogP contribution in [0.5, 0.6) is 0 Å². The molecule has 0 radical (unpaired) electrons. The molecular weight excluding hydrogens is 252 g/mol. The number of anilines is 1. The largest absolute Gasteiger partial charge is 0.461 e. The molecule has 0 aliphatic carbocycles. The van der Waals surface area contributed by atoms with Gasteiger partial charge in [0, 0.05) is 0 Å². The maximum absolute atomic E-state index is 12.8. The Hall–Kier alpha value is -2.32. The second-order valence-electron chi connectivity index (χ2n) is 3.10. The monoisotopic (exact) mass is 261 g/mol. The summed E-state index contributed by atoms with van der Waals surface area (Å²) >= 11 is 0. The minimum Gasteiger partial charge on any atom is -0.461 e. The van der Waals surface area contributed by atoms with Gasteiger partial charge in [0.2, 0.25) is 0 Å². The van der Waals surface area contributed by atoms with Gasteiger partial charge in [-0.2, -0.15) is 0 Å². The highest BCUT2D eigenvalue weighted by molar-refractivity contribution is 5.91. The smallest absolute Gasteiger partial charge is 0.357 e. The van der Waals surface area contributed by atoms with Crippen LogP contribution in [0.3, 0.4) is 0 Å². The standard InChI is InChI=1S/C9H9F2N3O4/c1-2-18-9(15)7-5(8(10)11)6(12)4(3-13-7)14(16)17/h3,8H,2H2,1H3,(H2,12,13). The predicted octanol–water partition coefficient (Wildman–Crippen LogP) is 1.69. The van der Waals surface area contributed by atoms with Crippen LogP contribution < -0.4 is 5.73 Å². The number of rotatable bonds is 4. The Balaban J connectivity index is 3.41. The molecule has 1 rings (SSSR count). The van der Waals surface area contributed by atoms with E-state index in [-0.39, 0.29) is 6.61 Å². The summed E-state index contributed by atoms with van der Waals surface area (Å²) in [6.07, 6.45) is -2.52. The molecule has 0 atom stereocenters. The third-order valence-electron chi connectivity index (χ3n) is 2.02. The van der Waals surface area contributed by atoms with E-state index >= 15 is 0 Å². The molecule has 0 saturated heterocycles. The van der Waals surface area contributed by atoms with Gasteiger partial charge >= 0.3 is 11.7 Å². The van der Waals surface area contributed by atoms with Crippen LogP contribution in [0, 0.1) is 10.1 Å². The van der Waals surface area contributed by atoms with Gasteiger partial charge in [0.1, 0.15) is 11.9 Å². The minimum atomic E-state index is -3.17. The molecule has 0 unspecified atom stereocenters. The lowest BCUT2D eigenvalue weighted by Gasteiger charge is -2.09. The molecule has 1 heterocycles. The SMILES string of the molecule is CCOC(=O)c1ncc([N+](=O)[O-])c(N)c1C(F)F. The lowest BCUT2D eigenvalue weighted by molar-refractivity contribution is -0.384. The lowest BCUT2D eigenvalue weighted by atomic mass is 10.1. The molecule has 0 fully saturated rings. The summed E-state index contributed by atoms with van der Waals surface area (Å²) < 4.78 is 30.1. The number of halogens is 2. The van der Waals surface area contributed by atoms with Crippen molar-refractivity contribution in [2.75, 3.05) is 12.3 Å². The molecule has 9 heteroatoms. The second-order valence-corrected chi connectivity index (χ2v) is 3.10. The number of pyridine rings is 1. The highest BCUT2D eigenvalue weighted by atomic mass is 19.3. The highest BCUT2D eigenvalue weighted by Gasteiger charge is 2.29. The first-order valence-corrected chi connectivity index (χ1v) is 4.78. The number of nitro groups is 1. The van der Waals surface area contributed by atoms with E-state index < -0.39 is 40.0 Å². The Labute approximate surface area is 99.7 Å². The van der Waals surface area contributed by atoms with Crippen molar-refractivity contribution in [3.05, 3.63) is 27.6 Å². The molecule has 0 aliphatic rings. The third-order valence-corrected chi connectivity index (χ3v) is 2.02. The van der Waals surface area contributed by atoms with Crippen LogP contribution >= 0.6 is 0 Å². The number of hydrogen-bond donors (Lipinski definition) is 1. The van der Waals surface area contributed by atoms with Crippen molar-refractivity contribution < 1.29 is 23.2 Å². The number of nitrogens with two attached hydrogens (primary N) is 1. The maximum Gasteiger partial charge on any atom is 0.357 e. The van der Waals surface area contributed by atoms with E-state index in [0.717, 1.165) is 0 Å². The molecule has 0 aromatic carbocycles. The Kier molecular flexibility index (Phi) is 4.08. The summed E-state index contributed by atoms with van der Waals surface area (Å²) in [6, 6.07) is 0. The number of nitrogens with zero attached hydrogens (tertiary/aromatic N) is 2. The molecule has 18 heavy (non-hydrogen) atoms. The number of ether oxygens (including phenoxy) is 1. The first kappa shape index (κ1) is 13.7. The molecule has 2 N–H and O–H groups in total. The zero-order valence-corrected chi connectivity index (χ0v) is 9.22. The number of hydrogen-bond acceptors (Lipinski definition) is 6. The van der Waals surface area contributed by atoms with E-state index in [0.29, 0.717) is 6.20 Å². The summed E-state index contributed by atoms with van der Waals surface area (Å²) in [7, 11) is 0. The summed E-state index contributed by atoms with van der Waals surface area (Å²) in [5.74, 6) is -1.10. The first-order chi connectivity index (χ1) is 8.40. The minimum absolute atomic E-state index is 0.0416. The molecule has 0 amide bonds. The second kappa shape index (κ2) is 5.34. The van der Waals surface area contributed by atoms with Crippen LogP contribution in [0.4, 0.5) is 20.2 Å². The fourth-order valence-corrected chi connectivity index (χ4v) is 1.26. The van der Waals surface area contributed by atoms with E-state index in [9.17, 15) is 23.7 Å². The van der Waals surface area contributed by atoms with Crippen molar-refractivity contribution in [1.82, 2.24) is 4.98 Å². The van der Waals surface area contributed by atoms with Crippen LogP contribution in [0.2, 0.25) is 0 Å². The first-order valence-electron chi connectivity index (χ1n) is 4.78. The number of esters is 1. The van der Waals surface area contributed by atoms with E-state index in [2.05, 4.69) is 9.72 Å². The fraction of sp³-hybridized carbons (Fsp3) is 0.333. The van der Waals surface area contributed by atoms with E-state index in [1.54, 1.807) is 0 Å². The summed E-state index contributed by atoms with van der Waals surface area (Å²) in [4.78, 5) is 24.3. The van der Waals surface area contributed by atoms with Gasteiger partial charge in [-0.05, 0) is 6.92 Å². The average Bonchev–Trinajstić information content (AvgIpc) is 2.27. The molecule has 0 spiro atoms. The Bertz CT molecular complexity index is 493. The zero-order valence-electron chi connectivity index (χ0n) is 9.22. The van der Waals surface area contributed by atoms with Gasteiger partial charge in [0.25, 0.3) is 6.43 Å². The van der Waals surface area contributed by atoms with Gasteiger partial charge in [-0.25, -0.2) is 18.6 Å². The van der Waals surface area contributed by atoms with Gasteiger partial charge in [-0.15, -0.1) is 0 Å². The van der Waals surface area contributed by atoms with Gasteiger partial charge in [0.15, 0.2) is 5.69 Å². The fourth-order valence-electron chi connectivity index (χ4n) is 1.26. The van der Waals surface area contributed by atoms with E-state index in [1.807, 2.05) is 0 Å². The van der Waals surface area contributed by atoms with Crippen molar-refractivity contribution in [2.45, 2.75) is 13.3 Å². The summed E-state index contributed by atoms with van der Waals surface area (Å²) in [5.41, 5.74) is 1.99. The molecule has 0 bridgehead atoms. The van der Waals surface area contributed by atoms with Gasteiger partial charge in [0.05, 0.1) is 17.1 Å². The Morgan fingerprint density at radius 3 is 2.72 bits per heavy atom. The summed E-state index contributed by atoms with van der Waals surface area (Å²) in [5, 5.41) is 10.5. The van der Waals surface area contributed by atoms with Crippen LogP contribution in [0.25, 0.3) is 0 Å². The van der Waals surface area contributed by atoms with Gasteiger partial charge in [-0.1, -0.05) is 0 Å². The maximum atomic E-state index is 12.8. The van der Waals surface area contributed by atoms with Crippen molar-refractivity contribution in [1.29, 1.82) is 0 Å². The van der Waals surface area contributed by atoms with E-state index in [4.69, 9.17) is 5.73 Å². The molecular formula is C9H9F2N3O4. The van der Waals surface area contributed by atoms with Crippen LogP contribution in [0.15, 0.2) is 6.20 Å². The predicted molar refractivity (Wildman–Crippen MR) is 56.2 cm³/mol. The number of nitrogen functional groups attached to an aromatic ring is 1. The number of aromatic nitrogens is 1. The van der Waals surface area contributed by atoms with Crippen molar-refractivity contribution in [3.63, 3.8) is 0 Å². The van der Waals surface area contributed by atoms with Crippen molar-refractivity contribution in [2.24, 2.45) is 0 Å². The van der Waals surface area contributed by atoms with Crippen LogP contribution in [-0.2, 0) is 4.74 Å². The van der Waals surface area contributed by atoms with Crippen molar-refractivity contribution in [3.8, 4) is 0 Å². The molecule has 0 saturated carbocycles. The lowest BCUT2D eigenvalue weighted by Crippen LogP contribution is -2.14. The Morgan fingerprint density at radius 2 is 2.28 bits per heavy atom. The van der Waals surface area contributed by atoms with E-state index in [1.165, 1.54) is 6.92 Å². The number of carbonyl (C=O) groups is 1. The topological polar surface area (TPSA) is 108 Å². The molecule has 7 nitrogen and oxygen atoms in total. The highest BCUT2D eigenvalue weighted by Crippen LogP contribution is 2.33. The van der Waals surface area contributed by atoms with Crippen LogP contribution in [-0.4, -0.2) is 22.5 Å². The normalized spacial score (nSPS) is 10.4. The molecule has 1 aromatic heterocycles. The summed E-state index contributed by atoms with van der Waals surface area (Å²) in [6.45, 7) is 1.44. The van der Waals surface area contributed by atoms with Crippen molar-refractivity contribution >= 4 is 17.3 Å². The van der Waals surface area contributed by atoms with Gasteiger partial charge in [-0.3, -0.25) is 10.1 Å². The quantitative estimate of drug-likeness (QED) is 0.501. The molecule has 1 aromatic rings. The number of carbonyl (C=O) groups excluding carboxylic acids is 1. The average molecular weight is 261 g/mol. The molecule has 0 aliphatic heterocycles. The Morgan fingerprint density at radius 1 is 1.67 bits per heavy atom. The third kappa shape index (κ3) is 2.50. The number of alkyl halides is 2. The zero-order chi connectivity index (χ0) is 13.9. The molecule has 98 valence electrons. The van der Waals surface area contributed by atoms with Crippen LogP contribution in [0.1, 0.15) is 29.4 Å².